The highest BCUT2D eigenvalue weighted by Crippen LogP contribution is 2.27. The zero-order chi connectivity index (χ0) is 20.1. The average molecular weight is 396 g/mol. The molecule has 0 aliphatic rings. The highest BCUT2D eigenvalue weighted by Gasteiger charge is 2.18. The number of fused-ring (bicyclic) bond motifs is 1. The van der Waals surface area contributed by atoms with Crippen LogP contribution in [-0.4, -0.2) is 44.2 Å². The first kappa shape index (κ1) is 20.5. The first-order valence-electron chi connectivity index (χ1n) is 7.91. The number of hydrogen-bond donors (Lipinski definition) is 3. The minimum absolute atomic E-state index is 0.0817. The molecule has 0 fully saturated rings. The Morgan fingerprint density at radius 3 is 2.85 bits per heavy atom. The Bertz CT molecular complexity index is 956. The molecular weight excluding hydrogens is 378 g/mol. The summed E-state index contributed by atoms with van der Waals surface area (Å²) in [6.07, 6.45) is 3.56. The molecule has 0 aliphatic carbocycles. The van der Waals surface area contributed by atoms with Crippen LogP contribution in [0.1, 0.15) is 6.92 Å². The van der Waals surface area contributed by atoms with Gasteiger partial charge in [0.25, 0.3) is 11.2 Å². The molecule has 27 heavy (non-hydrogen) atoms. The Kier molecular flexibility index (Phi) is 6.61. The van der Waals surface area contributed by atoms with Crippen molar-refractivity contribution >= 4 is 34.1 Å². The normalized spacial score (nSPS) is 13.6. The van der Waals surface area contributed by atoms with Gasteiger partial charge in [0.2, 0.25) is 5.91 Å². The number of nitro benzene ring substituents is 1. The highest BCUT2D eigenvalue weighted by atomic mass is 35.5. The van der Waals surface area contributed by atoms with E-state index >= 15 is 0 Å². The molecule has 0 spiro atoms. The Balaban J connectivity index is 2.10. The molecule has 144 valence electrons. The summed E-state index contributed by atoms with van der Waals surface area (Å²) < 4.78 is 1.26. The predicted molar refractivity (Wildman–Crippen MR) is 99.5 cm³/mol. The number of nitrogens with two attached hydrogens (primary N) is 1. The molecule has 2 rings (SSSR count). The molecule has 4 N–H and O–H groups in total. The van der Waals surface area contributed by atoms with Crippen LogP contribution in [0, 0.1) is 10.1 Å². The summed E-state index contributed by atoms with van der Waals surface area (Å²) in [5, 5.41) is 22.7. The van der Waals surface area contributed by atoms with Gasteiger partial charge in [-0.15, -0.1) is 0 Å². The van der Waals surface area contributed by atoms with Crippen LogP contribution in [0.2, 0.25) is 5.02 Å². The number of rotatable bonds is 7. The molecule has 11 heteroatoms. The van der Waals surface area contributed by atoms with Gasteiger partial charge in [-0.3, -0.25) is 24.3 Å². The van der Waals surface area contributed by atoms with Crippen molar-refractivity contribution in [2.24, 2.45) is 5.73 Å². The molecule has 0 unspecified atom stereocenters. The van der Waals surface area contributed by atoms with Gasteiger partial charge in [-0.25, -0.2) is 4.98 Å². The number of nitro groups is 1. The fraction of sp³-hybridized carbons (Fsp3) is 0.312. The van der Waals surface area contributed by atoms with E-state index in [0.29, 0.717) is 0 Å². The third-order valence-corrected chi connectivity index (χ3v) is 4.08. The molecule has 0 saturated carbocycles. The summed E-state index contributed by atoms with van der Waals surface area (Å²) in [5.74, 6) is -0.497. The van der Waals surface area contributed by atoms with Crippen molar-refractivity contribution in [3.05, 3.63) is 56.1 Å². The molecule has 0 radical (unpaired) electrons. The predicted octanol–water partition coefficient (Wildman–Crippen LogP) is 0.339. The van der Waals surface area contributed by atoms with Crippen molar-refractivity contribution in [2.45, 2.75) is 25.6 Å². The van der Waals surface area contributed by atoms with Crippen molar-refractivity contribution < 1.29 is 14.8 Å². The van der Waals surface area contributed by atoms with Gasteiger partial charge in [-0.1, -0.05) is 23.8 Å². The van der Waals surface area contributed by atoms with E-state index in [0.717, 1.165) is 6.07 Å². The van der Waals surface area contributed by atoms with Crippen molar-refractivity contribution in [3.8, 4) is 0 Å². The molecule has 0 bridgehead atoms. The average Bonchev–Trinajstić information content (AvgIpc) is 2.61. The van der Waals surface area contributed by atoms with Crippen molar-refractivity contribution in [1.29, 1.82) is 0 Å². The number of allylic oxidation sites excluding steroid dienone is 1. The number of nitrogens with zero attached hydrogens (tertiary/aromatic N) is 3. The van der Waals surface area contributed by atoms with Gasteiger partial charge >= 0.3 is 0 Å². The number of benzene rings is 1. The molecule has 1 aromatic heterocycles. The van der Waals surface area contributed by atoms with E-state index < -0.39 is 28.5 Å². The maximum absolute atomic E-state index is 12.5. The number of nitrogens with one attached hydrogen (secondary N) is 1. The molecule has 1 amide bonds. The summed E-state index contributed by atoms with van der Waals surface area (Å²) in [5.41, 5.74) is 4.92. The van der Waals surface area contributed by atoms with Crippen LogP contribution >= 0.6 is 11.6 Å². The second kappa shape index (κ2) is 8.71. The maximum Gasteiger partial charge on any atom is 0.288 e. The molecule has 0 saturated heterocycles. The summed E-state index contributed by atoms with van der Waals surface area (Å²) in [4.78, 5) is 38.4. The smallest absolute Gasteiger partial charge is 0.288 e. The summed E-state index contributed by atoms with van der Waals surface area (Å²) in [7, 11) is 0. The van der Waals surface area contributed by atoms with E-state index in [-0.39, 0.29) is 34.7 Å². The number of aromatic nitrogens is 2. The zero-order valence-electron chi connectivity index (χ0n) is 14.3. The second-order valence-corrected chi connectivity index (χ2v) is 6.17. The minimum atomic E-state index is -1.02. The van der Waals surface area contributed by atoms with E-state index in [4.69, 9.17) is 17.3 Å². The van der Waals surface area contributed by atoms with Crippen LogP contribution in [-0.2, 0) is 11.3 Å². The van der Waals surface area contributed by atoms with Gasteiger partial charge in [0.1, 0.15) is 11.1 Å². The topological polar surface area (TPSA) is 153 Å². The third kappa shape index (κ3) is 4.88. The molecule has 2 aromatic rings. The summed E-state index contributed by atoms with van der Waals surface area (Å²) in [6.45, 7) is 1.73. The number of hydrogen-bond acceptors (Lipinski definition) is 7. The maximum atomic E-state index is 12.5. The van der Waals surface area contributed by atoms with E-state index in [2.05, 4.69) is 10.3 Å². The Hall–Kier alpha value is -2.82. The van der Waals surface area contributed by atoms with Crippen LogP contribution in [0.15, 0.2) is 35.4 Å². The number of carbonyl (C=O) groups excluding carboxylic acids is 1. The van der Waals surface area contributed by atoms with Crippen LogP contribution in [0.3, 0.4) is 0 Å². The lowest BCUT2D eigenvalue weighted by Gasteiger charge is -2.13. The summed E-state index contributed by atoms with van der Waals surface area (Å²) >= 11 is 5.82. The minimum Gasteiger partial charge on any atom is -0.391 e. The Morgan fingerprint density at radius 1 is 1.52 bits per heavy atom. The van der Waals surface area contributed by atoms with Crippen molar-refractivity contribution in [1.82, 2.24) is 14.9 Å². The van der Waals surface area contributed by atoms with Gasteiger partial charge < -0.3 is 16.2 Å². The van der Waals surface area contributed by atoms with Crippen molar-refractivity contribution in [2.75, 3.05) is 6.54 Å². The highest BCUT2D eigenvalue weighted by molar-refractivity contribution is 6.33. The number of halogens is 1. The van der Waals surface area contributed by atoms with Crippen molar-refractivity contribution in [3.63, 3.8) is 0 Å². The van der Waals surface area contributed by atoms with Crippen LogP contribution in [0.5, 0.6) is 0 Å². The first-order chi connectivity index (χ1) is 12.7. The Morgan fingerprint density at radius 2 is 2.22 bits per heavy atom. The number of aliphatic hydroxyl groups is 1. The Labute approximate surface area is 158 Å². The fourth-order valence-corrected chi connectivity index (χ4v) is 2.43. The lowest BCUT2D eigenvalue weighted by atomic mass is 10.2. The molecular formula is C16H18ClN5O5. The molecule has 0 aliphatic heterocycles. The number of aliphatic hydroxyl groups excluding tert-OH is 1. The molecule has 2 atom stereocenters. The monoisotopic (exact) mass is 395 g/mol. The van der Waals surface area contributed by atoms with E-state index in [1.165, 1.54) is 23.9 Å². The second-order valence-electron chi connectivity index (χ2n) is 5.76. The van der Waals surface area contributed by atoms with E-state index in [1.807, 2.05) is 0 Å². The van der Waals surface area contributed by atoms with Crippen LogP contribution < -0.4 is 16.6 Å². The van der Waals surface area contributed by atoms with Gasteiger partial charge in [0.15, 0.2) is 0 Å². The lowest BCUT2D eigenvalue weighted by Crippen LogP contribution is -2.47. The SMILES string of the molecule is C[C@@H](O)[C@H](N)C(=O)NC/C=C/Cn1cnc2cc(Cl)c([N+](=O)[O-])cc2c1=O. The standard InChI is InChI=1S/C16H18ClN5O5/c1-9(23)14(18)15(24)19-4-2-3-5-21-8-20-12-7-11(17)13(22(26)27)6-10(12)16(21)25/h2-3,6-9,14,23H,4-5,18H2,1H3,(H,19,24)/b3-2+/t9-,14+/m1/s1. The van der Waals surface area contributed by atoms with Crippen LogP contribution in [0.25, 0.3) is 10.9 Å². The molecule has 10 nitrogen and oxygen atoms in total. The number of amides is 1. The van der Waals surface area contributed by atoms with E-state index in [9.17, 15) is 24.8 Å². The zero-order valence-corrected chi connectivity index (χ0v) is 15.1. The quantitative estimate of drug-likeness (QED) is 0.347. The fourth-order valence-electron chi connectivity index (χ4n) is 2.21. The van der Waals surface area contributed by atoms with E-state index in [1.54, 1.807) is 12.2 Å². The summed E-state index contributed by atoms with van der Waals surface area (Å²) in [6, 6.07) is 1.36. The van der Waals surface area contributed by atoms with Gasteiger partial charge in [0, 0.05) is 19.2 Å². The van der Waals surface area contributed by atoms with Gasteiger partial charge in [-0.05, 0) is 13.0 Å². The number of carbonyl (C=O) groups is 1. The largest absolute Gasteiger partial charge is 0.391 e. The molecule has 1 heterocycles. The van der Waals surface area contributed by atoms with Gasteiger partial charge in [0.05, 0.1) is 28.3 Å². The van der Waals surface area contributed by atoms with Gasteiger partial charge in [-0.2, -0.15) is 0 Å². The van der Waals surface area contributed by atoms with Crippen LogP contribution in [0.4, 0.5) is 5.69 Å². The third-order valence-electron chi connectivity index (χ3n) is 3.77. The lowest BCUT2D eigenvalue weighted by molar-refractivity contribution is -0.384. The molecule has 1 aromatic carbocycles. The first-order valence-corrected chi connectivity index (χ1v) is 8.29.